The summed E-state index contributed by atoms with van der Waals surface area (Å²) in [6.07, 6.45) is 1.85. The number of rotatable bonds is 3. The fraction of sp³-hybridized carbons (Fsp3) is 0.421. The van der Waals surface area contributed by atoms with Crippen LogP contribution in [0.25, 0.3) is 0 Å². The van der Waals surface area contributed by atoms with Crippen LogP contribution < -0.4 is 21.9 Å². The highest BCUT2D eigenvalue weighted by atomic mass is 16.2. The minimum absolute atomic E-state index is 0.0189. The maximum atomic E-state index is 12.8. The van der Waals surface area contributed by atoms with Crippen LogP contribution in [0.3, 0.4) is 0 Å². The first-order valence-corrected chi connectivity index (χ1v) is 8.71. The van der Waals surface area contributed by atoms with E-state index in [1.807, 2.05) is 24.0 Å². The molecule has 1 atom stereocenters. The average molecular weight is 353 g/mol. The number of hydrogen-bond acceptors (Lipinski definition) is 5. The van der Waals surface area contributed by atoms with Gasteiger partial charge in [0.05, 0.1) is 18.2 Å². The fourth-order valence-electron chi connectivity index (χ4n) is 3.39. The molecule has 1 fully saturated rings. The number of aromatic nitrogens is 2. The number of nitrogens with two attached hydrogens (primary N) is 1. The molecule has 7 nitrogen and oxygen atoms in total. The van der Waals surface area contributed by atoms with Gasteiger partial charge in [-0.05, 0) is 37.0 Å². The number of piperidine rings is 1. The maximum absolute atomic E-state index is 12.8. The van der Waals surface area contributed by atoms with Crippen molar-refractivity contribution in [1.29, 1.82) is 5.26 Å². The van der Waals surface area contributed by atoms with Crippen molar-refractivity contribution in [2.45, 2.75) is 32.4 Å². The molecular formula is C19H23N5O2. The standard InChI is InChI=1S/C19H23N5O2/c1-13-5-6-14(15(8-13)10-20)11-24-17(9-18(25)22(2)19(24)26)23-7-3-4-16(21)12-23/h5-6,8-9,16H,3-4,7,11-12,21H2,1-2H3/t16-/m1/s1. The summed E-state index contributed by atoms with van der Waals surface area (Å²) in [5.41, 5.74) is 7.61. The van der Waals surface area contributed by atoms with E-state index in [2.05, 4.69) is 6.07 Å². The van der Waals surface area contributed by atoms with Crippen LogP contribution in [0, 0.1) is 18.3 Å². The second-order valence-corrected chi connectivity index (χ2v) is 6.89. The summed E-state index contributed by atoms with van der Waals surface area (Å²) in [7, 11) is 1.47. The topological polar surface area (TPSA) is 97.0 Å². The van der Waals surface area contributed by atoms with E-state index in [0.717, 1.165) is 35.1 Å². The summed E-state index contributed by atoms with van der Waals surface area (Å²) in [6.45, 7) is 3.51. The van der Waals surface area contributed by atoms with Gasteiger partial charge in [-0.2, -0.15) is 5.26 Å². The van der Waals surface area contributed by atoms with E-state index in [9.17, 15) is 14.9 Å². The lowest BCUT2D eigenvalue weighted by atomic mass is 10.0. The number of aryl methyl sites for hydroxylation is 1. The first-order chi connectivity index (χ1) is 12.4. The van der Waals surface area contributed by atoms with Gasteiger partial charge in [0.2, 0.25) is 0 Å². The Morgan fingerprint density at radius 3 is 2.77 bits per heavy atom. The molecule has 7 heteroatoms. The summed E-state index contributed by atoms with van der Waals surface area (Å²) in [5.74, 6) is 0.567. The van der Waals surface area contributed by atoms with Gasteiger partial charge in [-0.1, -0.05) is 12.1 Å². The van der Waals surface area contributed by atoms with Crippen molar-refractivity contribution < 1.29 is 0 Å². The van der Waals surface area contributed by atoms with Crippen LogP contribution in [0.5, 0.6) is 0 Å². The Labute approximate surface area is 151 Å². The Morgan fingerprint density at radius 2 is 2.08 bits per heavy atom. The molecule has 0 spiro atoms. The second-order valence-electron chi connectivity index (χ2n) is 6.89. The highest BCUT2D eigenvalue weighted by Crippen LogP contribution is 2.19. The van der Waals surface area contributed by atoms with Crippen molar-refractivity contribution in [3.8, 4) is 6.07 Å². The van der Waals surface area contributed by atoms with E-state index >= 15 is 0 Å². The van der Waals surface area contributed by atoms with Crippen molar-refractivity contribution in [3.05, 3.63) is 61.8 Å². The summed E-state index contributed by atoms with van der Waals surface area (Å²) >= 11 is 0. The Kier molecular flexibility index (Phi) is 4.96. The van der Waals surface area contributed by atoms with Crippen LogP contribution in [0.2, 0.25) is 0 Å². The minimum Gasteiger partial charge on any atom is -0.356 e. The van der Waals surface area contributed by atoms with Crippen LogP contribution in [0.4, 0.5) is 5.82 Å². The van der Waals surface area contributed by atoms with E-state index in [1.54, 1.807) is 10.6 Å². The van der Waals surface area contributed by atoms with Gasteiger partial charge >= 0.3 is 5.69 Å². The van der Waals surface area contributed by atoms with Gasteiger partial charge < -0.3 is 10.6 Å². The molecule has 2 N–H and O–H groups in total. The normalized spacial score (nSPS) is 17.2. The van der Waals surface area contributed by atoms with E-state index in [4.69, 9.17) is 5.73 Å². The van der Waals surface area contributed by atoms with Crippen LogP contribution in [0.1, 0.15) is 29.5 Å². The fourth-order valence-corrected chi connectivity index (χ4v) is 3.39. The molecule has 1 aromatic heterocycles. The number of hydrogen-bond donors (Lipinski definition) is 1. The van der Waals surface area contributed by atoms with Gasteiger partial charge in [0, 0.05) is 32.2 Å². The zero-order chi connectivity index (χ0) is 18.8. The lowest BCUT2D eigenvalue weighted by Gasteiger charge is -2.34. The zero-order valence-corrected chi connectivity index (χ0v) is 15.1. The third-order valence-corrected chi connectivity index (χ3v) is 4.87. The third-order valence-electron chi connectivity index (χ3n) is 4.87. The molecule has 0 unspecified atom stereocenters. The molecule has 26 heavy (non-hydrogen) atoms. The Bertz CT molecular complexity index is 983. The lowest BCUT2D eigenvalue weighted by molar-refractivity contribution is 0.491. The largest absolute Gasteiger partial charge is 0.356 e. The van der Waals surface area contributed by atoms with Gasteiger partial charge in [-0.15, -0.1) is 0 Å². The molecule has 0 saturated carbocycles. The van der Waals surface area contributed by atoms with Crippen LogP contribution >= 0.6 is 0 Å². The molecular weight excluding hydrogens is 330 g/mol. The van der Waals surface area contributed by atoms with Gasteiger partial charge in [-0.25, -0.2) is 4.79 Å². The van der Waals surface area contributed by atoms with Crippen LogP contribution in [0.15, 0.2) is 33.9 Å². The predicted octanol–water partition coefficient (Wildman–Crippen LogP) is 0.703. The van der Waals surface area contributed by atoms with E-state index < -0.39 is 5.69 Å². The highest BCUT2D eigenvalue weighted by molar-refractivity contribution is 5.44. The molecule has 0 radical (unpaired) electrons. The van der Waals surface area contributed by atoms with Crippen molar-refractivity contribution in [1.82, 2.24) is 9.13 Å². The van der Waals surface area contributed by atoms with E-state index in [1.165, 1.54) is 13.1 Å². The van der Waals surface area contributed by atoms with E-state index in [0.29, 0.717) is 17.9 Å². The smallest absolute Gasteiger partial charge is 0.332 e. The summed E-state index contributed by atoms with van der Waals surface area (Å²) in [4.78, 5) is 27.0. The molecule has 1 aliphatic heterocycles. The summed E-state index contributed by atoms with van der Waals surface area (Å²) < 4.78 is 2.65. The molecule has 2 aromatic rings. The highest BCUT2D eigenvalue weighted by Gasteiger charge is 2.22. The zero-order valence-electron chi connectivity index (χ0n) is 15.1. The molecule has 0 amide bonds. The molecule has 2 heterocycles. The molecule has 0 aliphatic carbocycles. The SMILES string of the molecule is Cc1ccc(Cn2c(N3CCC[C@@H](N)C3)cc(=O)n(C)c2=O)c(C#N)c1. The van der Waals surface area contributed by atoms with E-state index in [-0.39, 0.29) is 18.1 Å². The Hall–Kier alpha value is -2.85. The van der Waals surface area contributed by atoms with Gasteiger partial charge in [-0.3, -0.25) is 13.9 Å². The molecule has 3 rings (SSSR count). The van der Waals surface area contributed by atoms with Crippen LogP contribution in [-0.2, 0) is 13.6 Å². The number of nitrogens with zero attached hydrogens (tertiary/aromatic N) is 4. The summed E-state index contributed by atoms with van der Waals surface area (Å²) in [5, 5.41) is 9.42. The number of benzene rings is 1. The predicted molar refractivity (Wildman–Crippen MR) is 100 cm³/mol. The quantitative estimate of drug-likeness (QED) is 0.876. The molecule has 0 bridgehead atoms. The summed E-state index contributed by atoms with van der Waals surface area (Å²) in [6, 6.07) is 9.27. The Morgan fingerprint density at radius 1 is 1.31 bits per heavy atom. The van der Waals surface area contributed by atoms with Crippen molar-refractivity contribution >= 4 is 5.82 Å². The molecule has 1 aliphatic rings. The molecule has 1 aromatic carbocycles. The van der Waals surface area contributed by atoms with Crippen molar-refractivity contribution in [3.63, 3.8) is 0 Å². The lowest BCUT2D eigenvalue weighted by Crippen LogP contribution is -2.47. The van der Waals surface area contributed by atoms with Gasteiger partial charge in [0.1, 0.15) is 5.82 Å². The van der Waals surface area contributed by atoms with Crippen LogP contribution in [-0.4, -0.2) is 28.3 Å². The number of anilines is 1. The first kappa shape index (κ1) is 18.0. The average Bonchev–Trinajstić information content (AvgIpc) is 2.63. The number of nitriles is 1. The maximum Gasteiger partial charge on any atom is 0.332 e. The van der Waals surface area contributed by atoms with Gasteiger partial charge in [0.25, 0.3) is 5.56 Å². The first-order valence-electron chi connectivity index (χ1n) is 8.71. The van der Waals surface area contributed by atoms with Crippen molar-refractivity contribution in [2.75, 3.05) is 18.0 Å². The van der Waals surface area contributed by atoms with Crippen molar-refractivity contribution in [2.24, 2.45) is 12.8 Å². The third kappa shape index (κ3) is 3.41. The van der Waals surface area contributed by atoms with Gasteiger partial charge in [0.15, 0.2) is 0 Å². The molecule has 1 saturated heterocycles. The Balaban J connectivity index is 2.11. The monoisotopic (exact) mass is 353 g/mol. The second kappa shape index (κ2) is 7.18. The minimum atomic E-state index is -0.392. The molecule has 136 valence electrons.